The molecular formula is C43H46O6P2. The molecule has 6 aromatic rings. The molecule has 6 aromatic carbocycles. The second kappa shape index (κ2) is 18.3. The number of benzene rings is 6. The minimum atomic E-state index is -4.00. The zero-order valence-corrected chi connectivity index (χ0v) is 31.8. The van der Waals surface area contributed by atoms with Crippen LogP contribution in [0.2, 0.25) is 0 Å². The maximum atomic E-state index is 13.6. The largest absolute Gasteiger partial charge is 0.647 e. The van der Waals surface area contributed by atoms with Crippen molar-refractivity contribution >= 4 is 15.2 Å². The highest BCUT2D eigenvalue weighted by molar-refractivity contribution is 7.57. The Kier molecular flexibility index (Phi) is 13.9. The van der Waals surface area contributed by atoms with E-state index >= 15 is 0 Å². The van der Waals surface area contributed by atoms with E-state index in [1.54, 1.807) is 86.1 Å². The summed E-state index contributed by atoms with van der Waals surface area (Å²) in [6.07, 6.45) is 0. The molecule has 0 aliphatic carbocycles. The van der Waals surface area contributed by atoms with Crippen LogP contribution in [0.4, 0.5) is 0 Å². The Labute approximate surface area is 303 Å². The van der Waals surface area contributed by atoms with Gasteiger partial charge < -0.3 is 18.1 Å². The van der Waals surface area contributed by atoms with Gasteiger partial charge in [0.05, 0.1) is 0 Å². The van der Waals surface area contributed by atoms with Crippen molar-refractivity contribution in [2.24, 2.45) is 0 Å². The van der Waals surface area contributed by atoms with Crippen LogP contribution in [0, 0.1) is 13.8 Å². The Balaban J connectivity index is 0.000000263. The number of phosphoric ester groups is 1. The molecule has 264 valence electrons. The van der Waals surface area contributed by atoms with Gasteiger partial charge in [-0.1, -0.05) is 146 Å². The van der Waals surface area contributed by atoms with Gasteiger partial charge in [0.15, 0.2) is 0 Å². The Hall–Kier alpha value is -5.02. The minimum Gasteiger partial charge on any atom is -0.443 e. The zero-order valence-electron chi connectivity index (χ0n) is 30.0. The van der Waals surface area contributed by atoms with Crippen LogP contribution in [0.5, 0.6) is 23.0 Å². The summed E-state index contributed by atoms with van der Waals surface area (Å²) in [4.78, 5) is 0. The maximum Gasteiger partial charge on any atom is 0.647 e. The van der Waals surface area contributed by atoms with E-state index in [2.05, 4.69) is 64.1 Å². The van der Waals surface area contributed by atoms with Gasteiger partial charge in [0, 0.05) is 18.7 Å². The van der Waals surface area contributed by atoms with Crippen molar-refractivity contribution < 1.29 is 27.2 Å². The standard InChI is InChI=1S/C28H27O4P.C8H11O2P.C7H8/c1-22-14-16-23(17-15-22)28(2,3)24-18-20-27(21-19-24)32-33(29,30-25-10-6-4-7-11-25)31-26-12-8-5-9-13-26;1-11(2,9)10-8-6-4-3-5-7-8;1-7-5-3-2-4-6-7/h4-21H,1-3H3;3-7H,1-2H3;2-6H,1H3. The maximum absolute atomic E-state index is 13.6. The first-order valence-corrected chi connectivity index (χ1v) is 20.6. The first kappa shape index (κ1) is 38.8. The molecule has 0 spiro atoms. The second-order valence-corrected chi connectivity index (χ2v) is 16.8. The third kappa shape index (κ3) is 13.3. The molecule has 0 aromatic heterocycles. The Bertz CT molecular complexity index is 1930. The van der Waals surface area contributed by atoms with Crippen molar-refractivity contribution in [1.29, 1.82) is 0 Å². The van der Waals surface area contributed by atoms with E-state index < -0.39 is 15.2 Å². The molecule has 0 unspecified atom stereocenters. The molecule has 0 aliphatic rings. The first-order valence-electron chi connectivity index (χ1n) is 16.6. The Morgan fingerprint density at radius 2 is 0.686 bits per heavy atom. The summed E-state index contributed by atoms with van der Waals surface area (Å²) < 4.78 is 47.1. The summed E-state index contributed by atoms with van der Waals surface area (Å²) in [5, 5.41) is 0. The van der Waals surface area contributed by atoms with Gasteiger partial charge in [-0.15, -0.1) is 0 Å². The number of hydrogen-bond donors (Lipinski definition) is 0. The van der Waals surface area contributed by atoms with Crippen LogP contribution in [0.1, 0.15) is 36.1 Å². The normalized spacial score (nSPS) is 11.1. The molecule has 0 aliphatic heterocycles. The molecule has 8 heteroatoms. The summed E-state index contributed by atoms with van der Waals surface area (Å²) in [6.45, 7) is 11.7. The molecule has 0 heterocycles. The van der Waals surface area contributed by atoms with Gasteiger partial charge in [-0.25, -0.2) is 0 Å². The topological polar surface area (TPSA) is 71.1 Å². The average molecular weight is 721 g/mol. The lowest BCUT2D eigenvalue weighted by Gasteiger charge is -2.26. The third-order valence-electron chi connectivity index (χ3n) is 7.50. The van der Waals surface area contributed by atoms with E-state index in [1.165, 1.54) is 16.7 Å². The van der Waals surface area contributed by atoms with E-state index in [-0.39, 0.29) is 5.41 Å². The quantitative estimate of drug-likeness (QED) is 0.131. The van der Waals surface area contributed by atoms with Crippen molar-refractivity contribution in [3.8, 4) is 23.0 Å². The van der Waals surface area contributed by atoms with E-state index in [0.717, 1.165) is 5.56 Å². The van der Waals surface area contributed by atoms with Crippen LogP contribution in [-0.2, 0) is 14.5 Å². The van der Waals surface area contributed by atoms with E-state index in [1.807, 2.05) is 60.7 Å². The molecule has 0 fully saturated rings. The Morgan fingerprint density at radius 1 is 0.392 bits per heavy atom. The fourth-order valence-corrected chi connectivity index (χ4v) is 6.63. The van der Waals surface area contributed by atoms with Crippen LogP contribution >= 0.6 is 15.2 Å². The molecule has 0 atom stereocenters. The van der Waals surface area contributed by atoms with Gasteiger partial charge in [-0.05, 0) is 73.5 Å². The van der Waals surface area contributed by atoms with Crippen LogP contribution in [0.3, 0.4) is 0 Å². The monoisotopic (exact) mass is 720 g/mol. The van der Waals surface area contributed by atoms with Crippen LogP contribution in [-0.4, -0.2) is 13.3 Å². The number of aryl methyl sites for hydroxylation is 2. The lowest BCUT2D eigenvalue weighted by atomic mass is 9.78. The molecule has 6 rings (SSSR count). The lowest BCUT2D eigenvalue weighted by molar-refractivity contribution is 0.298. The smallest absolute Gasteiger partial charge is 0.443 e. The van der Waals surface area contributed by atoms with Gasteiger partial charge in [0.2, 0.25) is 7.37 Å². The third-order valence-corrected chi connectivity index (χ3v) is 9.45. The van der Waals surface area contributed by atoms with Crippen molar-refractivity contribution in [1.82, 2.24) is 0 Å². The van der Waals surface area contributed by atoms with E-state index in [9.17, 15) is 9.13 Å². The van der Waals surface area contributed by atoms with Gasteiger partial charge in [-0.2, -0.15) is 4.57 Å². The highest BCUT2D eigenvalue weighted by Gasteiger charge is 2.33. The van der Waals surface area contributed by atoms with Gasteiger partial charge >= 0.3 is 7.82 Å². The Morgan fingerprint density at radius 3 is 1.02 bits per heavy atom. The summed E-state index contributed by atoms with van der Waals surface area (Å²) in [5.74, 6) is 1.86. The van der Waals surface area contributed by atoms with Gasteiger partial charge in [-0.3, -0.25) is 4.57 Å². The van der Waals surface area contributed by atoms with Crippen molar-refractivity contribution in [3.63, 3.8) is 0 Å². The van der Waals surface area contributed by atoms with Gasteiger partial charge in [0.1, 0.15) is 23.0 Å². The van der Waals surface area contributed by atoms with E-state index in [4.69, 9.17) is 18.1 Å². The predicted octanol–water partition coefficient (Wildman–Crippen LogP) is 12.6. The number of hydrogen-bond acceptors (Lipinski definition) is 6. The van der Waals surface area contributed by atoms with Crippen LogP contribution < -0.4 is 18.1 Å². The first-order chi connectivity index (χ1) is 24.3. The SMILES string of the molecule is CP(C)(=O)Oc1ccccc1.Cc1ccc(C(C)(C)c2ccc(OP(=O)(Oc3ccccc3)Oc3ccccc3)cc2)cc1.Cc1ccccc1. The molecule has 0 N–H and O–H groups in total. The molecular weight excluding hydrogens is 674 g/mol. The zero-order chi connectivity index (χ0) is 36.7. The summed E-state index contributed by atoms with van der Waals surface area (Å²) in [6, 6.07) is 53.2. The number of para-hydroxylation sites is 3. The minimum absolute atomic E-state index is 0.197. The van der Waals surface area contributed by atoms with Crippen LogP contribution in [0.25, 0.3) is 0 Å². The fraction of sp³-hybridized carbons (Fsp3) is 0.163. The molecule has 0 bridgehead atoms. The number of phosphoric acid groups is 1. The lowest BCUT2D eigenvalue weighted by Crippen LogP contribution is -2.18. The van der Waals surface area contributed by atoms with E-state index in [0.29, 0.717) is 23.0 Å². The van der Waals surface area contributed by atoms with Crippen molar-refractivity contribution in [3.05, 3.63) is 192 Å². The molecule has 0 radical (unpaired) electrons. The highest BCUT2D eigenvalue weighted by atomic mass is 31.2. The van der Waals surface area contributed by atoms with Crippen molar-refractivity contribution in [2.45, 2.75) is 33.1 Å². The summed E-state index contributed by atoms with van der Waals surface area (Å²) in [5.41, 5.74) is 4.68. The van der Waals surface area contributed by atoms with Gasteiger partial charge in [0.25, 0.3) is 0 Å². The summed E-state index contributed by atoms with van der Waals surface area (Å²) >= 11 is 0. The molecule has 0 amide bonds. The molecule has 0 saturated heterocycles. The second-order valence-electron chi connectivity index (χ2n) is 12.7. The van der Waals surface area contributed by atoms with Crippen molar-refractivity contribution in [2.75, 3.05) is 13.3 Å². The molecule has 51 heavy (non-hydrogen) atoms. The number of rotatable bonds is 10. The average Bonchev–Trinajstić information content (AvgIpc) is 3.10. The molecule has 0 saturated carbocycles. The highest BCUT2D eigenvalue weighted by Crippen LogP contribution is 2.50. The van der Waals surface area contributed by atoms with Crippen LogP contribution in [0.15, 0.2) is 170 Å². The molecule has 6 nitrogen and oxygen atoms in total. The predicted molar refractivity (Wildman–Crippen MR) is 210 cm³/mol. The fourth-order valence-electron chi connectivity index (χ4n) is 4.74. The summed E-state index contributed by atoms with van der Waals surface area (Å²) in [7, 11) is -6.39.